The van der Waals surface area contributed by atoms with Crippen LogP contribution in [-0.2, 0) is 14.3 Å². The second-order valence-corrected chi connectivity index (χ2v) is 25.6. The second kappa shape index (κ2) is 70.8. The smallest absolute Gasteiger partial charge is 0.305 e. The van der Waals surface area contributed by atoms with Crippen LogP contribution in [0.3, 0.4) is 0 Å². The van der Waals surface area contributed by atoms with Crippen molar-refractivity contribution in [2.45, 2.75) is 431 Å². The van der Waals surface area contributed by atoms with E-state index < -0.39 is 12.1 Å². The Labute approximate surface area is 507 Å². The Morgan fingerprint density at radius 1 is 0.346 bits per heavy atom. The van der Waals surface area contributed by atoms with Crippen molar-refractivity contribution in [3.8, 4) is 0 Å². The van der Waals surface area contributed by atoms with Gasteiger partial charge >= 0.3 is 5.97 Å². The standard InChI is InChI=1S/C75H145NO5/c1-3-5-7-9-11-13-15-16-17-18-39-42-45-49-53-57-61-65-69-75(80)81-70-66-62-58-54-50-46-43-40-37-35-33-31-29-27-25-23-21-19-20-22-24-26-28-30-32-34-36-38-41-44-48-52-56-60-64-68-74(79)76-72(71-77)73(78)67-63-59-55-51-47-14-12-10-8-6-4-2/h13,15,17-18,72-73,77-78H,3-12,14,16,19-71H2,1-2H3,(H,76,79)/b15-13-,18-17-. The maximum absolute atomic E-state index is 12.5. The lowest BCUT2D eigenvalue weighted by Crippen LogP contribution is -2.45. The number of amides is 1. The van der Waals surface area contributed by atoms with E-state index in [0.717, 1.165) is 51.4 Å². The van der Waals surface area contributed by atoms with Gasteiger partial charge in [-0.1, -0.05) is 372 Å². The maximum atomic E-state index is 12.5. The molecule has 0 aliphatic carbocycles. The molecule has 0 bridgehead atoms. The largest absolute Gasteiger partial charge is 0.466 e. The van der Waals surface area contributed by atoms with Gasteiger partial charge in [-0.15, -0.1) is 0 Å². The molecule has 0 aromatic heterocycles. The van der Waals surface area contributed by atoms with E-state index in [2.05, 4.69) is 43.5 Å². The molecule has 0 aromatic rings. The molecule has 3 N–H and O–H groups in total. The molecule has 0 aliphatic rings. The maximum Gasteiger partial charge on any atom is 0.305 e. The summed E-state index contributed by atoms with van der Waals surface area (Å²) < 4.78 is 5.51. The summed E-state index contributed by atoms with van der Waals surface area (Å²) >= 11 is 0. The number of unbranched alkanes of at least 4 members (excludes halogenated alkanes) is 55. The van der Waals surface area contributed by atoms with Gasteiger partial charge in [0.05, 0.1) is 25.4 Å². The first kappa shape index (κ1) is 79.3. The molecule has 0 fully saturated rings. The average molecular weight is 1140 g/mol. The highest BCUT2D eigenvalue weighted by Crippen LogP contribution is 2.20. The molecule has 0 radical (unpaired) electrons. The van der Waals surface area contributed by atoms with Crippen molar-refractivity contribution in [2.75, 3.05) is 13.2 Å². The van der Waals surface area contributed by atoms with Crippen LogP contribution in [0.4, 0.5) is 0 Å². The molecule has 2 unspecified atom stereocenters. The predicted octanol–water partition coefficient (Wildman–Crippen LogP) is 24.1. The van der Waals surface area contributed by atoms with E-state index in [0.29, 0.717) is 25.9 Å². The monoisotopic (exact) mass is 1140 g/mol. The summed E-state index contributed by atoms with van der Waals surface area (Å²) in [5.41, 5.74) is 0. The summed E-state index contributed by atoms with van der Waals surface area (Å²) in [6.07, 6.45) is 89.8. The van der Waals surface area contributed by atoms with Crippen molar-refractivity contribution in [3.05, 3.63) is 24.3 Å². The van der Waals surface area contributed by atoms with E-state index in [-0.39, 0.29) is 18.5 Å². The van der Waals surface area contributed by atoms with Crippen molar-refractivity contribution in [1.29, 1.82) is 0 Å². The van der Waals surface area contributed by atoms with Crippen LogP contribution in [0.25, 0.3) is 0 Å². The number of aliphatic hydroxyl groups excluding tert-OH is 2. The zero-order valence-corrected chi connectivity index (χ0v) is 55.0. The molecule has 81 heavy (non-hydrogen) atoms. The summed E-state index contributed by atoms with van der Waals surface area (Å²) in [7, 11) is 0. The molecule has 0 heterocycles. The molecular formula is C75H145NO5. The van der Waals surface area contributed by atoms with Crippen LogP contribution < -0.4 is 5.32 Å². The fourth-order valence-electron chi connectivity index (χ4n) is 11.9. The number of aliphatic hydroxyl groups is 2. The number of hydrogen-bond acceptors (Lipinski definition) is 5. The highest BCUT2D eigenvalue weighted by Gasteiger charge is 2.20. The van der Waals surface area contributed by atoms with E-state index in [1.165, 1.54) is 334 Å². The van der Waals surface area contributed by atoms with Crippen LogP contribution in [0, 0.1) is 0 Å². The van der Waals surface area contributed by atoms with Gasteiger partial charge < -0.3 is 20.3 Å². The molecular weight excluding hydrogens is 995 g/mol. The summed E-state index contributed by atoms with van der Waals surface area (Å²) in [5.74, 6) is -0.0126. The number of nitrogens with one attached hydrogen (secondary N) is 1. The topological polar surface area (TPSA) is 95.9 Å². The lowest BCUT2D eigenvalue weighted by Gasteiger charge is -2.22. The van der Waals surface area contributed by atoms with Crippen molar-refractivity contribution in [2.24, 2.45) is 0 Å². The lowest BCUT2D eigenvalue weighted by molar-refractivity contribution is -0.143. The van der Waals surface area contributed by atoms with Crippen molar-refractivity contribution in [1.82, 2.24) is 5.32 Å². The normalized spacial score (nSPS) is 12.6. The van der Waals surface area contributed by atoms with Crippen LogP contribution in [0.2, 0.25) is 0 Å². The van der Waals surface area contributed by atoms with Gasteiger partial charge in [-0.05, 0) is 57.8 Å². The Morgan fingerprint density at radius 3 is 0.951 bits per heavy atom. The van der Waals surface area contributed by atoms with Crippen LogP contribution in [0.1, 0.15) is 418 Å². The Hall–Kier alpha value is -1.66. The molecule has 6 nitrogen and oxygen atoms in total. The number of rotatable bonds is 70. The number of ether oxygens (including phenoxy) is 1. The third-order valence-electron chi connectivity index (χ3n) is 17.5. The van der Waals surface area contributed by atoms with Crippen LogP contribution in [0.5, 0.6) is 0 Å². The minimum Gasteiger partial charge on any atom is -0.466 e. The average Bonchev–Trinajstić information content (AvgIpc) is 3.47. The molecule has 0 aromatic carbocycles. The molecule has 6 heteroatoms. The molecule has 0 saturated carbocycles. The fourth-order valence-corrected chi connectivity index (χ4v) is 11.9. The molecule has 480 valence electrons. The zero-order valence-electron chi connectivity index (χ0n) is 55.0. The van der Waals surface area contributed by atoms with Crippen molar-refractivity contribution < 1.29 is 24.5 Å². The zero-order chi connectivity index (χ0) is 58.5. The second-order valence-electron chi connectivity index (χ2n) is 25.6. The number of hydrogen-bond donors (Lipinski definition) is 3. The van der Waals surface area contributed by atoms with E-state index in [1.807, 2.05) is 0 Å². The van der Waals surface area contributed by atoms with Gasteiger partial charge in [0.1, 0.15) is 0 Å². The van der Waals surface area contributed by atoms with Gasteiger partial charge in [-0.2, -0.15) is 0 Å². The first-order chi connectivity index (χ1) is 40.0. The van der Waals surface area contributed by atoms with Gasteiger partial charge in [0.15, 0.2) is 0 Å². The number of allylic oxidation sites excluding steroid dienone is 4. The van der Waals surface area contributed by atoms with Gasteiger partial charge in [0.25, 0.3) is 0 Å². The molecule has 0 saturated heterocycles. The van der Waals surface area contributed by atoms with Crippen LogP contribution in [-0.4, -0.2) is 47.4 Å². The summed E-state index contributed by atoms with van der Waals surface area (Å²) in [4.78, 5) is 24.6. The predicted molar refractivity (Wildman–Crippen MR) is 356 cm³/mol. The highest BCUT2D eigenvalue weighted by atomic mass is 16.5. The number of carbonyl (C=O) groups excluding carboxylic acids is 2. The van der Waals surface area contributed by atoms with E-state index in [1.54, 1.807) is 0 Å². The molecule has 2 atom stereocenters. The van der Waals surface area contributed by atoms with Gasteiger partial charge in [-0.25, -0.2) is 0 Å². The molecule has 0 spiro atoms. The summed E-state index contributed by atoms with van der Waals surface area (Å²) in [6, 6.07) is -0.535. The summed E-state index contributed by atoms with van der Waals surface area (Å²) in [6.45, 7) is 4.96. The van der Waals surface area contributed by atoms with E-state index in [4.69, 9.17) is 4.74 Å². The first-order valence-electron chi connectivity index (χ1n) is 37.1. The molecule has 0 aliphatic heterocycles. The quantitative estimate of drug-likeness (QED) is 0.0320. The number of carbonyl (C=O) groups is 2. The highest BCUT2D eigenvalue weighted by molar-refractivity contribution is 5.76. The molecule has 0 rings (SSSR count). The van der Waals surface area contributed by atoms with Gasteiger partial charge in [0.2, 0.25) is 5.91 Å². The Balaban J connectivity index is 3.28. The molecule has 1 amide bonds. The van der Waals surface area contributed by atoms with E-state index in [9.17, 15) is 19.8 Å². The first-order valence-corrected chi connectivity index (χ1v) is 37.1. The minimum absolute atomic E-state index is 0.0159. The van der Waals surface area contributed by atoms with Gasteiger partial charge in [-0.3, -0.25) is 9.59 Å². The van der Waals surface area contributed by atoms with Crippen molar-refractivity contribution in [3.63, 3.8) is 0 Å². The minimum atomic E-state index is -0.658. The third-order valence-corrected chi connectivity index (χ3v) is 17.5. The third kappa shape index (κ3) is 67.3. The Morgan fingerprint density at radius 2 is 0.617 bits per heavy atom. The van der Waals surface area contributed by atoms with Crippen molar-refractivity contribution >= 4 is 11.9 Å². The lowest BCUT2D eigenvalue weighted by atomic mass is 10.0. The van der Waals surface area contributed by atoms with Gasteiger partial charge in [0, 0.05) is 12.8 Å². The Bertz CT molecular complexity index is 1270. The summed E-state index contributed by atoms with van der Waals surface area (Å²) in [5, 5.41) is 23.2. The fraction of sp³-hybridized carbons (Fsp3) is 0.920. The van der Waals surface area contributed by atoms with Crippen LogP contribution in [0.15, 0.2) is 24.3 Å². The number of esters is 1. The van der Waals surface area contributed by atoms with Crippen LogP contribution >= 0.6 is 0 Å². The Kier molecular flexibility index (Phi) is 69.4. The SMILES string of the molecule is CCCCCC/C=C\C/C=C\CCCCCCCCCC(=O)OCCCCCCCCCCCCCCCCCCCCCCCCCCCCCCCCCCCCCC(=O)NC(CO)C(O)CCCCCCCCCCCCC. The van der Waals surface area contributed by atoms with E-state index >= 15 is 0 Å².